The van der Waals surface area contributed by atoms with Gasteiger partial charge in [0.05, 0.1) is 11.0 Å². The summed E-state index contributed by atoms with van der Waals surface area (Å²) in [4.78, 5) is 12.4. The van der Waals surface area contributed by atoms with E-state index in [0.717, 1.165) is 10.9 Å². The molecule has 20 heavy (non-hydrogen) atoms. The van der Waals surface area contributed by atoms with Crippen LogP contribution in [0, 0.1) is 5.82 Å². The van der Waals surface area contributed by atoms with E-state index in [4.69, 9.17) is 0 Å². The van der Waals surface area contributed by atoms with Crippen molar-refractivity contribution >= 4 is 26.7 Å². The van der Waals surface area contributed by atoms with Gasteiger partial charge in [-0.3, -0.25) is 4.79 Å². The summed E-state index contributed by atoms with van der Waals surface area (Å²) in [5.41, 5.74) is 0.833. The molecule has 0 bridgehead atoms. The van der Waals surface area contributed by atoms with Crippen LogP contribution < -0.4 is 5.56 Å². The van der Waals surface area contributed by atoms with Crippen LogP contribution in [0.1, 0.15) is 5.56 Å². The van der Waals surface area contributed by atoms with Gasteiger partial charge in [-0.25, -0.2) is 4.39 Å². The van der Waals surface area contributed by atoms with E-state index in [1.54, 1.807) is 22.9 Å². The Labute approximate surface area is 123 Å². The molecule has 1 heterocycles. The molecular weight excluding hydrogens is 321 g/mol. The summed E-state index contributed by atoms with van der Waals surface area (Å²) >= 11 is 3.16. The van der Waals surface area contributed by atoms with Gasteiger partial charge in [0.25, 0.3) is 5.56 Å². The Morgan fingerprint density at radius 1 is 1.10 bits per heavy atom. The molecular formula is C16H11BrFNO. The Morgan fingerprint density at radius 3 is 2.70 bits per heavy atom. The molecule has 2 aromatic carbocycles. The first kappa shape index (κ1) is 13.1. The van der Waals surface area contributed by atoms with Crippen LogP contribution in [0.15, 0.2) is 64.0 Å². The fourth-order valence-electron chi connectivity index (χ4n) is 2.19. The molecule has 0 radical (unpaired) electrons. The Balaban J connectivity index is 2.04. The minimum Gasteiger partial charge on any atom is -0.311 e. The van der Waals surface area contributed by atoms with Gasteiger partial charge in [-0.2, -0.15) is 0 Å². The van der Waals surface area contributed by atoms with E-state index < -0.39 is 0 Å². The summed E-state index contributed by atoms with van der Waals surface area (Å²) in [6.45, 7) is 0.419. The normalized spacial score (nSPS) is 10.9. The quantitative estimate of drug-likeness (QED) is 0.696. The van der Waals surface area contributed by atoms with E-state index in [1.807, 2.05) is 30.3 Å². The van der Waals surface area contributed by atoms with Crippen molar-refractivity contribution in [1.82, 2.24) is 4.57 Å². The summed E-state index contributed by atoms with van der Waals surface area (Å²) < 4.78 is 15.2. The number of rotatable bonds is 2. The summed E-state index contributed by atoms with van der Waals surface area (Å²) in [7, 11) is 0. The molecule has 3 rings (SSSR count). The lowest BCUT2D eigenvalue weighted by atomic mass is 10.1. The molecule has 2 nitrogen and oxygen atoms in total. The van der Waals surface area contributed by atoms with Crippen LogP contribution in [0.2, 0.25) is 0 Å². The Morgan fingerprint density at radius 2 is 1.90 bits per heavy atom. The molecule has 0 amide bonds. The maximum absolute atomic E-state index is 13.2. The van der Waals surface area contributed by atoms with Gasteiger partial charge in [-0.05, 0) is 51.1 Å². The first-order valence-electron chi connectivity index (χ1n) is 6.17. The molecule has 0 aliphatic rings. The van der Waals surface area contributed by atoms with Crippen molar-refractivity contribution in [3.05, 3.63) is 80.9 Å². The molecule has 0 spiro atoms. The van der Waals surface area contributed by atoms with Gasteiger partial charge in [0, 0.05) is 11.6 Å². The predicted octanol–water partition coefficient (Wildman–Crippen LogP) is 3.95. The van der Waals surface area contributed by atoms with E-state index in [9.17, 15) is 9.18 Å². The van der Waals surface area contributed by atoms with Gasteiger partial charge in [0.2, 0.25) is 0 Å². The average Bonchev–Trinajstić information content (AvgIpc) is 2.46. The highest BCUT2D eigenvalue weighted by Gasteiger charge is 2.05. The maximum Gasteiger partial charge on any atom is 0.258 e. The Bertz CT molecular complexity index is 841. The average molecular weight is 332 g/mol. The fourth-order valence-corrected chi connectivity index (χ4v) is 2.62. The lowest BCUT2D eigenvalue weighted by Gasteiger charge is -2.08. The third-order valence-corrected chi connectivity index (χ3v) is 3.83. The van der Waals surface area contributed by atoms with Crippen molar-refractivity contribution in [2.45, 2.75) is 6.54 Å². The highest BCUT2D eigenvalue weighted by Crippen LogP contribution is 2.17. The SMILES string of the molecule is O=c1c2ccccc2ccn1Cc1ccc(F)c(Br)c1. The zero-order valence-corrected chi connectivity index (χ0v) is 12.1. The summed E-state index contributed by atoms with van der Waals surface area (Å²) in [6, 6.07) is 14.2. The van der Waals surface area contributed by atoms with E-state index in [1.165, 1.54) is 6.07 Å². The lowest BCUT2D eigenvalue weighted by molar-refractivity contribution is 0.619. The van der Waals surface area contributed by atoms with Crippen LogP contribution in [0.4, 0.5) is 4.39 Å². The maximum atomic E-state index is 13.2. The minimum absolute atomic E-state index is 0.0384. The number of hydrogen-bond acceptors (Lipinski definition) is 1. The second-order valence-electron chi connectivity index (χ2n) is 4.58. The molecule has 0 saturated carbocycles. The van der Waals surface area contributed by atoms with Crippen LogP contribution in [0.3, 0.4) is 0 Å². The van der Waals surface area contributed by atoms with Gasteiger partial charge in [-0.15, -0.1) is 0 Å². The highest BCUT2D eigenvalue weighted by atomic mass is 79.9. The molecule has 0 aliphatic carbocycles. The number of nitrogens with zero attached hydrogens (tertiary/aromatic N) is 1. The van der Waals surface area contributed by atoms with Gasteiger partial charge >= 0.3 is 0 Å². The fraction of sp³-hybridized carbons (Fsp3) is 0.0625. The number of fused-ring (bicyclic) bond motifs is 1. The van der Waals surface area contributed by atoms with Gasteiger partial charge in [0.1, 0.15) is 5.82 Å². The zero-order chi connectivity index (χ0) is 14.1. The van der Waals surface area contributed by atoms with E-state index >= 15 is 0 Å². The van der Waals surface area contributed by atoms with E-state index in [2.05, 4.69) is 15.9 Å². The van der Waals surface area contributed by atoms with Crippen LogP contribution in [0.25, 0.3) is 10.8 Å². The zero-order valence-electron chi connectivity index (χ0n) is 10.5. The summed E-state index contributed by atoms with van der Waals surface area (Å²) in [5, 5.41) is 1.62. The van der Waals surface area contributed by atoms with Gasteiger partial charge in [-0.1, -0.05) is 24.3 Å². The first-order valence-corrected chi connectivity index (χ1v) is 6.96. The van der Waals surface area contributed by atoms with Crippen LogP contribution in [-0.2, 0) is 6.54 Å². The van der Waals surface area contributed by atoms with Gasteiger partial charge in [0.15, 0.2) is 0 Å². The molecule has 0 fully saturated rings. The Kier molecular flexibility index (Phi) is 3.40. The predicted molar refractivity (Wildman–Crippen MR) is 81.4 cm³/mol. The second kappa shape index (κ2) is 5.21. The smallest absolute Gasteiger partial charge is 0.258 e. The third kappa shape index (κ3) is 2.39. The Hall–Kier alpha value is -1.94. The lowest BCUT2D eigenvalue weighted by Crippen LogP contribution is -2.19. The van der Waals surface area contributed by atoms with Crippen LogP contribution in [0.5, 0.6) is 0 Å². The molecule has 3 aromatic rings. The largest absolute Gasteiger partial charge is 0.311 e. The number of aromatic nitrogens is 1. The van der Waals surface area contributed by atoms with Gasteiger partial charge < -0.3 is 4.57 Å². The third-order valence-electron chi connectivity index (χ3n) is 3.22. The van der Waals surface area contributed by atoms with Crippen molar-refractivity contribution in [2.75, 3.05) is 0 Å². The van der Waals surface area contributed by atoms with Crippen molar-refractivity contribution in [3.8, 4) is 0 Å². The number of halogens is 2. The van der Waals surface area contributed by atoms with Crippen molar-refractivity contribution in [3.63, 3.8) is 0 Å². The molecule has 1 aromatic heterocycles. The molecule has 100 valence electrons. The monoisotopic (exact) mass is 331 g/mol. The van der Waals surface area contributed by atoms with Crippen molar-refractivity contribution in [2.24, 2.45) is 0 Å². The van der Waals surface area contributed by atoms with Crippen LogP contribution in [-0.4, -0.2) is 4.57 Å². The molecule has 0 unspecified atom stereocenters. The standard InChI is InChI=1S/C16H11BrFNO/c17-14-9-11(5-6-15(14)18)10-19-8-7-12-3-1-2-4-13(12)16(19)20/h1-9H,10H2. The summed E-state index contributed by atoms with van der Waals surface area (Å²) in [6.07, 6.45) is 1.77. The van der Waals surface area contributed by atoms with E-state index in [-0.39, 0.29) is 11.4 Å². The highest BCUT2D eigenvalue weighted by molar-refractivity contribution is 9.10. The minimum atomic E-state index is -0.306. The number of hydrogen-bond donors (Lipinski definition) is 0. The molecule has 0 N–H and O–H groups in total. The van der Waals surface area contributed by atoms with Crippen LogP contribution >= 0.6 is 15.9 Å². The molecule has 4 heteroatoms. The molecule has 0 saturated heterocycles. The summed E-state index contributed by atoms with van der Waals surface area (Å²) in [5.74, 6) is -0.306. The molecule has 0 atom stereocenters. The van der Waals surface area contributed by atoms with Crippen molar-refractivity contribution < 1.29 is 4.39 Å². The number of benzene rings is 2. The number of pyridine rings is 1. The molecule has 0 aliphatic heterocycles. The second-order valence-corrected chi connectivity index (χ2v) is 5.44. The van der Waals surface area contributed by atoms with E-state index in [0.29, 0.717) is 16.4 Å². The van der Waals surface area contributed by atoms with Crippen molar-refractivity contribution in [1.29, 1.82) is 0 Å². The topological polar surface area (TPSA) is 22.0 Å². The first-order chi connectivity index (χ1) is 9.65.